The zero-order valence-electron chi connectivity index (χ0n) is 16.0. The van der Waals surface area contributed by atoms with Gasteiger partial charge in [0.2, 0.25) is 10.0 Å². The van der Waals surface area contributed by atoms with Crippen LogP contribution in [0.4, 0.5) is 5.69 Å². The van der Waals surface area contributed by atoms with Crippen molar-refractivity contribution in [1.82, 2.24) is 4.72 Å². The van der Waals surface area contributed by atoms with Crippen LogP contribution in [0.1, 0.15) is 34.5 Å². The summed E-state index contributed by atoms with van der Waals surface area (Å²) >= 11 is 5.84. The molecular formula is C22H21ClN2O3S. The fourth-order valence-corrected chi connectivity index (χ4v) is 4.29. The van der Waals surface area contributed by atoms with Gasteiger partial charge in [0.05, 0.1) is 4.90 Å². The molecule has 0 saturated carbocycles. The second-order valence-electron chi connectivity index (χ2n) is 6.69. The molecular weight excluding hydrogens is 408 g/mol. The molecule has 0 saturated heterocycles. The van der Waals surface area contributed by atoms with Crippen LogP contribution in [0, 0.1) is 6.92 Å². The molecule has 0 spiro atoms. The van der Waals surface area contributed by atoms with E-state index in [2.05, 4.69) is 10.0 Å². The largest absolute Gasteiger partial charge is 0.322 e. The Bertz CT molecular complexity index is 1110. The maximum absolute atomic E-state index is 12.7. The smallest absolute Gasteiger partial charge is 0.255 e. The van der Waals surface area contributed by atoms with Gasteiger partial charge in [-0.3, -0.25) is 4.79 Å². The van der Waals surface area contributed by atoms with Crippen LogP contribution in [0.25, 0.3) is 0 Å². The van der Waals surface area contributed by atoms with Crippen molar-refractivity contribution in [3.05, 3.63) is 94.5 Å². The number of hydrogen-bond acceptors (Lipinski definition) is 3. The van der Waals surface area contributed by atoms with E-state index in [1.165, 1.54) is 12.1 Å². The zero-order chi connectivity index (χ0) is 21.0. The number of amides is 1. The molecule has 1 amide bonds. The third-order valence-corrected chi connectivity index (χ3v) is 6.28. The summed E-state index contributed by atoms with van der Waals surface area (Å²) in [5.74, 6) is -0.295. The monoisotopic (exact) mass is 428 g/mol. The van der Waals surface area contributed by atoms with Crippen molar-refractivity contribution < 1.29 is 13.2 Å². The van der Waals surface area contributed by atoms with Crippen molar-refractivity contribution in [2.45, 2.75) is 24.8 Å². The Labute approximate surface area is 175 Å². The van der Waals surface area contributed by atoms with E-state index in [9.17, 15) is 13.2 Å². The Morgan fingerprint density at radius 3 is 2.24 bits per heavy atom. The number of aryl methyl sites for hydroxylation is 1. The minimum atomic E-state index is -3.71. The van der Waals surface area contributed by atoms with Gasteiger partial charge in [-0.25, -0.2) is 13.1 Å². The highest BCUT2D eigenvalue weighted by Crippen LogP contribution is 2.22. The van der Waals surface area contributed by atoms with E-state index in [1.54, 1.807) is 44.2 Å². The average Bonchev–Trinajstić information content (AvgIpc) is 2.70. The maximum Gasteiger partial charge on any atom is 0.255 e. The molecule has 7 heteroatoms. The minimum Gasteiger partial charge on any atom is -0.322 e. The number of carbonyl (C=O) groups excluding carboxylic acids is 1. The fourth-order valence-electron chi connectivity index (χ4n) is 2.85. The summed E-state index contributed by atoms with van der Waals surface area (Å²) in [6.45, 7) is 3.54. The number of hydrogen-bond donors (Lipinski definition) is 2. The van der Waals surface area contributed by atoms with Gasteiger partial charge in [0.25, 0.3) is 5.91 Å². The third kappa shape index (κ3) is 5.23. The van der Waals surface area contributed by atoms with E-state index in [0.29, 0.717) is 21.8 Å². The minimum absolute atomic E-state index is 0.141. The van der Waals surface area contributed by atoms with Gasteiger partial charge in [0.1, 0.15) is 0 Å². The summed E-state index contributed by atoms with van der Waals surface area (Å²) in [4.78, 5) is 12.5. The molecule has 0 bridgehead atoms. The number of rotatable bonds is 6. The summed E-state index contributed by atoms with van der Waals surface area (Å²) in [6, 6.07) is 20.1. The zero-order valence-corrected chi connectivity index (χ0v) is 17.6. The fraction of sp³-hybridized carbons (Fsp3) is 0.136. The SMILES string of the molecule is Cc1cc(S(=O)(=O)N[C@@H](C)c2ccccc2)ccc1NC(=O)c1ccc(Cl)cc1. The Hall–Kier alpha value is -2.67. The van der Waals surface area contributed by atoms with Crippen molar-refractivity contribution in [1.29, 1.82) is 0 Å². The molecule has 150 valence electrons. The second kappa shape index (κ2) is 8.78. The Kier molecular flexibility index (Phi) is 6.37. The molecule has 0 aliphatic rings. The van der Waals surface area contributed by atoms with Crippen molar-refractivity contribution in [3.63, 3.8) is 0 Å². The van der Waals surface area contributed by atoms with Gasteiger partial charge < -0.3 is 5.32 Å². The molecule has 3 aromatic rings. The molecule has 0 radical (unpaired) electrons. The summed E-state index contributed by atoms with van der Waals surface area (Å²) < 4.78 is 28.2. The number of halogens is 1. The van der Waals surface area contributed by atoms with Crippen molar-refractivity contribution in [3.8, 4) is 0 Å². The van der Waals surface area contributed by atoms with Gasteiger partial charge in [-0.05, 0) is 67.4 Å². The molecule has 2 N–H and O–H groups in total. The van der Waals surface area contributed by atoms with Crippen LogP contribution in [-0.4, -0.2) is 14.3 Å². The summed E-state index contributed by atoms with van der Waals surface area (Å²) in [6.07, 6.45) is 0. The molecule has 0 aliphatic heterocycles. The number of carbonyl (C=O) groups is 1. The quantitative estimate of drug-likeness (QED) is 0.583. The van der Waals surface area contributed by atoms with E-state index in [4.69, 9.17) is 11.6 Å². The first-order chi connectivity index (χ1) is 13.8. The summed E-state index contributed by atoms with van der Waals surface area (Å²) in [5.41, 5.74) is 2.52. The first kappa shape index (κ1) is 21.0. The van der Waals surface area contributed by atoms with E-state index in [-0.39, 0.29) is 16.8 Å². The number of nitrogens with one attached hydrogen (secondary N) is 2. The third-order valence-electron chi connectivity index (χ3n) is 4.49. The lowest BCUT2D eigenvalue weighted by Crippen LogP contribution is -2.27. The van der Waals surface area contributed by atoms with E-state index < -0.39 is 10.0 Å². The molecule has 0 unspecified atom stereocenters. The van der Waals surface area contributed by atoms with Crippen LogP contribution in [-0.2, 0) is 10.0 Å². The van der Waals surface area contributed by atoms with E-state index in [1.807, 2.05) is 30.3 Å². The van der Waals surface area contributed by atoms with Crippen LogP contribution >= 0.6 is 11.6 Å². The first-order valence-corrected chi connectivity index (χ1v) is 10.9. The number of sulfonamides is 1. The van der Waals surface area contributed by atoms with E-state index in [0.717, 1.165) is 5.56 Å². The Morgan fingerprint density at radius 1 is 0.966 bits per heavy atom. The van der Waals surface area contributed by atoms with Gasteiger partial charge in [-0.2, -0.15) is 0 Å². The van der Waals surface area contributed by atoms with Crippen LogP contribution in [0.3, 0.4) is 0 Å². The Morgan fingerprint density at radius 2 is 1.62 bits per heavy atom. The van der Waals surface area contributed by atoms with Gasteiger partial charge in [0, 0.05) is 22.3 Å². The van der Waals surface area contributed by atoms with Gasteiger partial charge in [-0.15, -0.1) is 0 Å². The molecule has 0 fully saturated rings. The molecule has 0 heterocycles. The van der Waals surface area contributed by atoms with Crippen molar-refractivity contribution >= 4 is 33.2 Å². The van der Waals surface area contributed by atoms with Crippen molar-refractivity contribution in [2.75, 3.05) is 5.32 Å². The van der Waals surface area contributed by atoms with Crippen LogP contribution in [0.15, 0.2) is 77.7 Å². The number of benzene rings is 3. The highest BCUT2D eigenvalue weighted by Gasteiger charge is 2.19. The van der Waals surface area contributed by atoms with Gasteiger partial charge in [-0.1, -0.05) is 41.9 Å². The summed E-state index contributed by atoms with van der Waals surface area (Å²) in [7, 11) is -3.71. The molecule has 0 aliphatic carbocycles. The summed E-state index contributed by atoms with van der Waals surface area (Å²) in [5, 5.41) is 3.34. The van der Waals surface area contributed by atoms with Crippen molar-refractivity contribution in [2.24, 2.45) is 0 Å². The second-order valence-corrected chi connectivity index (χ2v) is 8.84. The van der Waals surface area contributed by atoms with Crippen LogP contribution in [0.5, 0.6) is 0 Å². The molecule has 3 rings (SSSR count). The van der Waals surface area contributed by atoms with Crippen LogP contribution < -0.4 is 10.0 Å². The topological polar surface area (TPSA) is 75.3 Å². The molecule has 0 aromatic heterocycles. The lowest BCUT2D eigenvalue weighted by molar-refractivity contribution is 0.102. The highest BCUT2D eigenvalue weighted by molar-refractivity contribution is 7.89. The lowest BCUT2D eigenvalue weighted by atomic mass is 10.1. The average molecular weight is 429 g/mol. The van der Waals surface area contributed by atoms with E-state index >= 15 is 0 Å². The molecule has 5 nitrogen and oxygen atoms in total. The predicted octanol–water partition coefficient (Wildman–Crippen LogP) is 4.94. The molecule has 3 aromatic carbocycles. The number of anilines is 1. The molecule has 29 heavy (non-hydrogen) atoms. The molecule has 1 atom stereocenters. The lowest BCUT2D eigenvalue weighted by Gasteiger charge is -2.16. The normalized spacial score (nSPS) is 12.4. The maximum atomic E-state index is 12.7. The highest BCUT2D eigenvalue weighted by atomic mass is 35.5. The van der Waals surface area contributed by atoms with Gasteiger partial charge in [0.15, 0.2) is 0 Å². The Balaban J connectivity index is 1.76. The predicted molar refractivity (Wildman–Crippen MR) is 116 cm³/mol. The standard InChI is InChI=1S/C22H21ClN2O3S/c1-15-14-20(29(27,28)25-16(2)17-6-4-3-5-7-17)12-13-21(15)24-22(26)18-8-10-19(23)11-9-18/h3-14,16,25H,1-2H3,(H,24,26)/t16-/m0/s1. The van der Waals surface area contributed by atoms with Crippen LogP contribution in [0.2, 0.25) is 5.02 Å². The van der Waals surface area contributed by atoms with Gasteiger partial charge >= 0.3 is 0 Å². The first-order valence-electron chi connectivity index (χ1n) is 9.01.